The molecule has 0 saturated carbocycles. The molecule has 4 unspecified atom stereocenters. The molecule has 0 aromatic heterocycles. The zero-order chi connectivity index (χ0) is 16.1. The van der Waals surface area contributed by atoms with Gasteiger partial charge >= 0.3 is 17.9 Å². The van der Waals surface area contributed by atoms with E-state index in [0.29, 0.717) is 0 Å². The number of rotatable bonds is 9. The van der Waals surface area contributed by atoms with Crippen molar-refractivity contribution in [3.8, 4) is 0 Å². The van der Waals surface area contributed by atoms with Crippen LogP contribution in [0.4, 0.5) is 0 Å². The standard InChI is InChI=1S/C11H19O8P/c1-6(10(14)15)5-20(18,19)7(2)8(11(16)17)3-4-9(12)13/h6-8H,3-5H2,1-2H3,(H,12,13)(H,14,15)(H,16,17)(H,18,19). The van der Waals surface area contributed by atoms with Crippen LogP contribution in [0.25, 0.3) is 0 Å². The monoisotopic (exact) mass is 310 g/mol. The Bertz CT molecular complexity index is 432. The Kier molecular flexibility index (Phi) is 6.88. The van der Waals surface area contributed by atoms with E-state index in [-0.39, 0.29) is 6.42 Å². The fourth-order valence-electron chi connectivity index (χ4n) is 1.77. The summed E-state index contributed by atoms with van der Waals surface area (Å²) in [6.07, 6.45) is -1.26. The molecule has 116 valence electrons. The van der Waals surface area contributed by atoms with Crippen LogP contribution in [-0.2, 0) is 18.9 Å². The summed E-state index contributed by atoms with van der Waals surface area (Å²) >= 11 is 0. The molecule has 4 N–H and O–H groups in total. The number of carboxylic acid groups (broad SMARTS) is 3. The van der Waals surface area contributed by atoms with Crippen LogP contribution in [0.2, 0.25) is 0 Å². The van der Waals surface area contributed by atoms with Crippen LogP contribution in [-0.4, -0.2) is 49.9 Å². The minimum absolute atomic E-state index is 0.280. The van der Waals surface area contributed by atoms with Crippen molar-refractivity contribution < 1.29 is 39.2 Å². The van der Waals surface area contributed by atoms with Gasteiger partial charge in [-0.15, -0.1) is 0 Å². The first-order valence-electron chi connectivity index (χ1n) is 5.98. The highest BCUT2D eigenvalue weighted by Crippen LogP contribution is 2.51. The Morgan fingerprint density at radius 2 is 1.55 bits per heavy atom. The second-order valence-corrected chi connectivity index (χ2v) is 7.49. The molecule has 0 aromatic carbocycles. The molecule has 0 aliphatic rings. The minimum atomic E-state index is -4.02. The molecule has 0 heterocycles. The predicted molar refractivity (Wildman–Crippen MR) is 68.9 cm³/mol. The molecule has 4 atom stereocenters. The average Bonchev–Trinajstić information content (AvgIpc) is 2.27. The van der Waals surface area contributed by atoms with Gasteiger partial charge in [0.05, 0.1) is 11.8 Å². The topological polar surface area (TPSA) is 149 Å². The molecule has 0 aliphatic carbocycles. The Morgan fingerprint density at radius 1 is 1.05 bits per heavy atom. The quantitative estimate of drug-likeness (QED) is 0.459. The fraction of sp³-hybridized carbons (Fsp3) is 0.727. The second-order valence-electron chi connectivity index (χ2n) is 4.80. The number of aliphatic carboxylic acids is 3. The lowest BCUT2D eigenvalue weighted by atomic mass is 10.0. The van der Waals surface area contributed by atoms with Crippen molar-refractivity contribution >= 4 is 25.3 Å². The van der Waals surface area contributed by atoms with Crippen LogP contribution in [0.3, 0.4) is 0 Å². The maximum Gasteiger partial charge on any atom is 0.307 e. The van der Waals surface area contributed by atoms with Crippen LogP contribution in [0.15, 0.2) is 0 Å². The van der Waals surface area contributed by atoms with Crippen LogP contribution in [0.5, 0.6) is 0 Å². The largest absolute Gasteiger partial charge is 0.481 e. The van der Waals surface area contributed by atoms with Gasteiger partial charge in [0.2, 0.25) is 7.37 Å². The Morgan fingerprint density at radius 3 is 1.90 bits per heavy atom. The van der Waals surface area contributed by atoms with E-state index in [1.807, 2.05) is 0 Å². The summed E-state index contributed by atoms with van der Waals surface area (Å²) in [6, 6.07) is 0. The normalized spacial score (nSPS) is 18.6. The molecule has 0 rings (SSSR count). The summed E-state index contributed by atoms with van der Waals surface area (Å²) in [5, 5.41) is 26.3. The van der Waals surface area contributed by atoms with Gasteiger partial charge in [-0.05, 0) is 6.42 Å². The molecule has 0 fully saturated rings. The van der Waals surface area contributed by atoms with Crippen LogP contribution in [0, 0.1) is 11.8 Å². The van der Waals surface area contributed by atoms with Crippen molar-refractivity contribution in [2.75, 3.05) is 6.16 Å². The summed E-state index contributed by atoms with van der Waals surface area (Å²) in [6.45, 7) is 2.49. The third-order valence-electron chi connectivity index (χ3n) is 3.16. The lowest BCUT2D eigenvalue weighted by Gasteiger charge is -2.25. The second kappa shape index (κ2) is 7.40. The van der Waals surface area contributed by atoms with E-state index in [1.54, 1.807) is 0 Å². The predicted octanol–water partition coefficient (Wildman–Crippen LogP) is 0.932. The minimum Gasteiger partial charge on any atom is -0.481 e. The van der Waals surface area contributed by atoms with Gasteiger partial charge in [0, 0.05) is 18.2 Å². The molecule has 0 aliphatic heterocycles. The Hall–Kier alpha value is -1.40. The Labute approximate surface area is 115 Å². The molecule has 0 radical (unpaired) electrons. The van der Waals surface area contributed by atoms with Gasteiger partial charge in [0.25, 0.3) is 0 Å². The van der Waals surface area contributed by atoms with E-state index in [9.17, 15) is 23.8 Å². The summed E-state index contributed by atoms with van der Waals surface area (Å²) in [4.78, 5) is 42.1. The molecule has 0 spiro atoms. The molecule has 0 bridgehead atoms. The van der Waals surface area contributed by atoms with Crippen LogP contribution in [0.1, 0.15) is 26.7 Å². The summed E-state index contributed by atoms with van der Waals surface area (Å²) in [5.41, 5.74) is -1.21. The first-order chi connectivity index (χ1) is 8.99. The zero-order valence-electron chi connectivity index (χ0n) is 11.2. The van der Waals surface area contributed by atoms with Gasteiger partial charge in [-0.2, -0.15) is 0 Å². The fourth-order valence-corrected chi connectivity index (χ4v) is 3.88. The van der Waals surface area contributed by atoms with Crippen molar-refractivity contribution in [2.45, 2.75) is 32.3 Å². The molecule has 9 heteroatoms. The maximum absolute atomic E-state index is 12.1. The smallest absolute Gasteiger partial charge is 0.307 e. The Balaban J connectivity index is 4.98. The lowest BCUT2D eigenvalue weighted by molar-refractivity contribution is -0.143. The molecule has 20 heavy (non-hydrogen) atoms. The van der Waals surface area contributed by atoms with E-state index in [0.717, 1.165) is 0 Å². The van der Waals surface area contributed by atoms with E-state index in [4.69, 9.17) is 15.3 Å². The van der Waals surface area contributed by atoms with E-state index < -0.39 is 55.4 Å². The van der Waals surface area contributed by atoms with Gasteiger partial charge in [0.15, 0.2) is 0 Å². The molecule has 8 nitrogen and oxygen atoms in total. The van der Waals surface area contributed by atoms with Crippen molar-refractivity contribution in [3.63, 3.8) is 0 Å². The van der Waals surface area contributed by atoms with Crippen molar-refractivity contribution in [2.24, 2.45) is 11.8 Å². The molecular formula is C11H19O8P. The first-order valence-corrected chi connectivity index (χ1v) is 7.89. The van der Waals surface area contributed by atoms with Gasteiger partial charge in [-0.3, -0.25) is 18.9 Å². The van der Waals surface area contributed by atoms with Gasteiger partial charge < -0.3 is 20.2 Å². The summed E-state index contributed by atoms with van der Waals surface area (Å²) < 4.78 is 12.1. The SMILES string of the molecule is CC(CP(=O)(O)C(C)C(CCC(=O)O)C(=O)O)C(=O)O. The van der Waals surface area contributed by atoms with Gasteiger partial charge in [-0.1, -0.05) is 13.8 Å². The van der Waals surface area contributed by atoms with Crippen LogP contribution >= 0.6 is 7.37 Å². The van der Waals surface area contributed by atoms with Gasteiger partial charge in [0.1, 0.15) is 0 Å². The first kappa shape index (κ1) is 18.6. The third kappa shape index (κ3) is 5.71. The summed E-state index contributed by atoms with van der Waals surface area (Å²) in [7, 11) is -4.02. The average molecular weight is 310 g/mol. The number of carbonyl (C=O) groups is 3. The van der Waals surface area contributed by atoms with Crippen LogP contribution < -0.4 is 0 Å². The highest BCUT2D eigenvalue weighted by Gasteiger charge is 2.39. The third-order valence-corrected chi connectivity index (χ3v) is 5.87. The molecule has 0 saturated heterocycles. The zero-order valence-corrected chi connectivity index (χ0v) is 12.1. The molecule has 0 aromatic rings. The molecule has 0 amide bonds. The molecular weight excluding hydrogens is 291 g/mol. The summed E-state index contributed by atoms with van der Waals surface area (Å²) in [5.74, 6) is -6.19. The number of hydrogen-bond acceptors (Lipinski definition) is 4. The number of carboxylic acids is 3. The van der Waals surface area contributed by atoms with Crippen molar-refractivity contribution in [1.82, 2.24) is 0 Å². The number of hydrogen-bond donors (Lipinski definition) is 4. The highest BCUT2D eigenvalue weighted by atomic mass is 31.2. The van der Waals surface area contributed by atoms with Crippen molar-refractivity contribution in [3.05, 3.63) is 0 Å². The van der Waals surface area contributed by atoms with E-state index in [1.165, 1.54) is 13.8 Å². The maximum atomic E-state index is 12.1. The lowest BCUT2D eigenvalue weighted by Crippen LogP contribution is -2.29. The highest BCUT2D eigenvalue weighted by molar-refractivity contribution is 7.58. The van der Waals surface area contributed by atoms with E-state index in [2.05, 4.69) is 0 Å². The van der Waals surface area contributed by atoms with Gasteiger partial charge in [-0.25, -0.2) is 0 Å². The van der Waals surface area contributed by atoms with E-state index >= 15 is 0 Å². The van der Waals surface area contributed by atoms with Crippen molar-refractivity contribution in [1.29, 1.82) is 0 Å².